The molecule has 1 saturated heterocycles. The van der Waals surface area contributed by atoms with E-state index in [2.05, 4.69) is 34.7 Å². The van der Waals surface area contributed by atoms with E-state index in [1.54, 1.807) is 4.90 Å². The maximum absolute atomic E-state index is 13.2. The molecule has 1 fully saturated rings. The Morgan fingerprint density at radius 3 is 2.08 bits per heavy atom. The number of hydrogen-bond donors (Lipinski definition) is 1. The summed E-state index contributed by atoms with van der Waals surface area (Å²) in [6, 6.07) is 11.9. The largest absolute Gasteiger partial charge is 0.507 e. The number of benzene rings is 2. The third-order valence-electron chi connectivity index (χ3n) is 6.61. The zero-order chi connectivity index (χ0) is 26.9. The van der Waals surface area contributed by atoms with E-state index in [4.69, 9.17) is 0 Å². The molecule has 37 heavy (non-hydrogen) atoms. The number of carbonyl (C=O) groups excluding carboxylic acids is 2. The highest BCUT2D eigenvalue weighted by atomic mass is 79.9. The topological polar surface area (TPSA) is 104 Å². The SMILES string of the molecule is CCCCN(CCCC)CCCN1C(=O)C(=O)C(=C(O)c2ccc([N+](=O)[O-])cc2)[C@@H]1c1ccc(Br)cc1. The Hall–Kier alpha value is -3.04. The minimum atomic E-state index is -0.752. The highest BCUT2D eigenvalue weighted by Gasteiger charge is 2.45. The van der Waals surface area contributed by atoms with Crippen molar-refractivity contribution < 1.29 is 19.6 Å². The number of carbonyl (C=O) groups is 2. The molecule has 1 N–H and O–H groups in total. The summed E-state index contributed by atoms with van der Waals surface area (Å²) in [6.07, 6.45) is 5.16. The number of aliphatic hydroxyl groups is 1. The lowest BCUT2D eigenvalue weighted by atomic mass is 9.95. The molecule has 8 nitrogen and oxygen atoms in total. The van der Waals surface area contributed by atoms with Gasteiger partial charge < -0.3 is 14.9 Å². The first kappa shape index (κ1) is 28.5. The van der Waals surface area contributed by atoms with Gasteiger partial charge in [-0.2, -0.15) is 0 Å². The van der Waals surface area contributed by atoms with Gasteiger partial charge in [0, 0.05) is 28.7 Å². The summed E-state index contributed by atoms with van der Waals surface area (Å²) >= 11 is 3.42. The van der Waals surface area contributed by atoms with Gasteiger partial charge in [0.2, 0.25) is 0 Å². The summed E-state index contributed by atoms with van der Waals surface area (Å²) in [5.74, 6) is -1.74. The van der Waals surface area contributed by atoms with Gasteiger partial charge >= 0.3 is 0 Å². The average molecular weight is 573 g/mol. The van der Waals surface area contributed by atoms with Crippen molar-refractivity contribution in [1.82, 2.24) is 9.80 Å². The van der Waals surface area contributed by atoms with Crippen LogP contribution in [-0.4, -0.2) is 57.7 Å². The molecule has 0 radical (unpaired) electrons. The van der Waals surface area contributed by atoms with Crippen LogP contribution in [0, 0.1) is 10.1 Å². The van der Waals surface area contributed by atoms with E-state index in [1.165, 1.54) is 24.3 Å². The van der Waals surface area contributed by atoms with Gasteiger partial charge in [0.05, 0.1) is 16.5 Å². The molecular weight excluding hydrogens is 538 g/mol. The van der Waals surface area contributed by atoms with Crippen LogP contribution in [0.4, 0.5) is 5.69 Å². The fraction of sp³-hybridized carbons (Fsp3) is 0.429. The third kappa shape index (κ3) is 7.05. The van der Waals surface area contributed by atoms with E-state index < -0.39 is 22.7 Å². The number of nitro benzene ring substituents is 1. The van der Waals surface area contributed by atoms with E-state index in [0.717, 1.165) is 49.8 Å². The fourth-order valence-corrected chi connectivity index (χ4v) is 4.83. The summed E-state index contributed by atoms with van der Waals surface area (Å²) in [5.41, 5.74) is 0.822. The van der Waals surface area contributed by atoms with Crippen molar-refractivity contribution in [2.75, 3.05) is 26.2 Å². The van der Waals surface area contributed by atoms with E-state index in [-0.39, 0.29) is 22.6 Å². The molecule has 1 aliphatic rings. The second-order valence-electron chi connectivity index (χ2n) is 9.25. The van der Waals surface area contributed by atoms with Crippen LogP contribution < -0.4 is 0 Å². The Kier molecular flexibility index (Phi) is 10.4. The summed E-state index contributed by atoms with van der Waals surface area (Å²) in [6.45, 7) is 7.54. The number of Topliss-reactive ketones (excluding diaryl/α,β-unsaturated/α-hetero) is 1. The number of ketones is 1. The first-order chi connectivity index (χ1) is 17.8. The Bertz CT molecular complexity index is 1120. The molecule has 0 unspecified atom stereocenters. The van der Waals surface area contributed by atoms with Crippen LogP contribution in [0.5, 0.6) is 0 Å². The molecular formula is C28H34BrN3O5. The minimum Gasteiger partial charge on any atom is -0.507 e. The van der Waals surface area contributed by atoms with Crippen molar-refractivity contribution in [2.45, 2.75) is 52.0 Å². The monoisotopic (exact) mass is 571 g/mol. The number of rotatable bonds is 13. The van der Waals surface area contributed by atoms with Crippen molar-refractivity contribution in [3.05, 3.63) is 79.8 Å². The van der Waals surface area contributed by atoms with E-state index >= 15 is 0 Å². The first-order valence-corrected chi connectivity index (χ1v) is 13.6. The van der Waals surface area contributed by atoms with Gasteiger partial charge in [-0.1, -0.05) is 54.8 Å². The van der Waals surface area contributed by atoms with Crippen LogP contribution in [0.3, 0.4) is 0 Å². The van der Waals surface area contributed by atoms with Crippen LogP contribution in [0.1, 0.15) is 63.1 Å². The molecule has 198 valence electrons. The predicted molar refractivity (Wildman–Crippen MR) is 147 cm³/mol. The lowest BCUT2D eigenvalue weighted by molar-refractivity contribution is -0.384. The Morgan fingerprint density at radius 1 is 0.973 bits per heavy atom. The molecule has 0 spiro atoms. The Labute approximate surface area is 226 Å². The molecule has 1 atom stereocenters. The van der Waals surface area contributed by atoms with Gasteiger partial charge in [-0.25, -0.2) is 0 Å². The van der Waals surface area contributed by atoms with Gasteiger partial charge in [0.1, 0.15) is 5.76 Å². The lowest BCUT2D eigenvalue weighted by Crippen LogP contribution is -2.34. The molecule has 0 aromatic heterocycles. The average Bonchev–Trinajstić information content (AvgIpc) is 3.15. The molecule has 0 saturated carbocycles. The van der Waals surface area contributed by atoms with Gasteiger partial charge in [-0.05, 0) is 68.7 Å². The first-order valence-electron chi connectivity index (χ1n) is 12.8. The van der Waals surface area contributed by atoms with Crippen LogP contribution in [0.2, 0.25) is 0 Å². The van der Waals surface area contributed by atoms with Gasteiger partial charge in [0.15, 0.2) is 0 Å². The lowest BCUT2D eigenvalue weighted by Gasteiger charge is -2.27. The quantitative estimate of drug-likeness (QED) is 0.103. The van der Waals surface area contributed by atoms with Crippen LogP contribution in [0.15, 0.2) is 58.6 Å². The predicted octanol–water partition coefficient (Wildman–Crippen LogP) is 6.07. The van der Waals surface area contributed by atoms with E-state index in [1.807, 2.05) is 24.3 Å². The number of non-ortho nitro benzene ring substituents is 1. The molecule has 1 aliphatic heterocycles. The van der Waals surface area contributed by atoms with E-state index in [0.29, 0.717) is 18.5 Å². The van der Waals surface area contributed by atoms with Gasteiger partial charge in [-0.3, -0.25) is 19.7 Å². The standard InChI is InChI=1S/C28H34BrN3O5/c1-3-5-16-30(17-6-4-2)18-7-19-31-25(20-8-12-22(29)13-9-20)24(27(34)28(31)35)26(33)21-10-14-23(15-11-21)32(36)37/h8-15,25,33H,3-7,16-19H2,1-2H3/t25-/m0/s1. The molecule has 2 aromatic rings. The van der Waals surface area contributed by atoms with Crippen molar-refractivity contribution in [2.24, 2.45) is 0 Å². The number of aliphatic hydroxyl groups excluding tert-OH is 1. The molecule has 0 bridgehead atoms. The Balaban J connectivity index is 1.92. The molecule has 9 heteroatoms. The highest BCUT2D eigenvalue weighted by Crippen LogP contribution is 2.40. The zero-order valence-corrected chi connectivity index (χ0v) is 22.9. The minimum absolute atomic E-state index is 0.00463. The van der Waals surface area contributed by atoms with Crippen molar-refractivity contribution >= 4 is 39.1 Å². The van der Waals surface area contributed by atoms with Crippen LogP contribution in [0.25, 0.3) is 5.76 Å². The summed E-state index contributed by atoms with van der Waals surface area (Å²) in [4.78, 5) is 40.8. The van der Waals surface area contributed by atoms with Gasteiger partial charge in [-0.15, -0.1) is 0 Å². The van der Waals surface area contributed by atoms with Crippen LogP contribution >= 0.6 is 15.9 Å². The smallest absolute Gasteiger partial charge is 0.295 e. The van der Waals surface area contributed by atoms with Crippen molar-refractivity contribution in [3.63, 3.8) is 0 Å². The fourth-order valence-electron chi connectivity index (χ4n) is 4.56. The maximum atomic E-state index is 13.2. The second kappa shape index (κ2) is 13.5. The number of amides is 1. The van der Waals surface area contributed by atoms with E-state index in [9.17, 15) is 24.8 Å². The highest BCUT2D eigenvalue weighted by molar-refractivity contribution is 9.10. The summed E-state index contributed by atoms with van der Waals surface area (Å²) in [5, 5.41) is 22.2. The van der Waals surface area contributed by atoms with Crippen LogP contribution in [-0.2, 0) is 9.59 Å². The molecule has 1 heterocycles. The number of nitro groups is 1. The Morgan fingerprint density at radius 2 is 1.54 bits per heavy atom. The molecule has 1 amide bonds. The number of unbranched alkanes of at least 4 members (excludes halogenated alkanes) is 2. The third-order valence-corrected chi connectivity index (χ3v) is 7.14. The normalized spacial score (nSPS) is 17.1. The zero-order valence-electron chi connectivity index (χ0n) is 21.4. The van der Waals surface area contributed by atoms with Gasteiger partial charge in [0.25, 0.3) is 17.4 Å². The number of nitrogens with zero attached hydrogens (tertiary/aromatic N) is 3. The molecule has 2 aromatic carbocycles. The summed E-state index contributed by atoms with van der Waals surface area (Å²) < 4.78 is 0.853. The molecule has 3 rings (SSSR count). The number of likely N-dealkylation sites (tertiary alicyclic amines) is 1. The maximum Gasteiger partial charge on any atom is 0.295 e. The van der Waals surface area contributed by atoms with Crippen molar-refractivity contribution in [3.8, 4) is 0 Å². The van der Waals surface area contributed by atoms with Crippen molar-refractivity contribution in [1.29, 1.82) is 0 Å². The summed E-state index contributed by atoms with van der Waals surface area (Å²) in [7, 11) is 0. The number of halogens is 1. The number of hydrogen-bond acceptors (Lipinski definition) is 6. The molecule has 0 aliphatic carbocycles. The second-order valence-corrected chi connectivity index (χ2v) is 10.2.